The largest absolute Gasteiger partial charge is 0.400 e. The Kier molecular flexibility index (Phi) is 3.00. The van der Waals surface area contributed by atoms with Gasteiger partial charge in [-0.1, -0.05) is 30.3 Å². The van der Waals surface area contributed by atoms with Gasteiger partial charge in [0.2, 0.25) is 0 Å². The molecular weight excluding hydrogens is 177 g/mol. The van der Waals surface area contributed by atoms with E-state index in [4.69, 9.17) is 9.79 Å². The molecule has 0 heterocycles. The van der Waals surface area contributed by atoms with Crippen molar-refractivity contribution in [3.8, 4) is 0 Å². The molecule has 0 fully saturated rings. The van der Waals surface area contributed by atoms with Crippen molar-refractivity contribution in [3.05, 3.63) is 35.9 Å². The number of benzene rings is 1. The Hall–Kier alpha value is -0.670. The van der Waals surface area contributed by atoms with Gasteiger partial charge in [-0.05, 0) is 5.56 Å². The fraction of sp³-hybridized carbons (Fsp3) is 0.143. The second-order valence-corrected chi connectivity index (χ2v) is 3.77. The van der Waals surface area contributed by atoms with Gasteiger partial charge in [-0.3, -0.25) is 0 Å². The molecule has 0 aliphatic rings. The number of rotatable bonds is 3. The van der Waals surface area contributed by atoms with Crippen LogP contribution < -0.4 is 5.09 Å². The molecule has 0 aliphatic carbocycles. The monoisotopic (exact) mass is 187 g/mol. The quantitative estimate of drug-likeness (QED) is 0.614. The summed E-state index contributed by atoms with van der Waals surface area (Å²) in [6.07, 6.45) is 0. The van der Waals surface area contributed by atoms with Crippen molar-refractivity contribution in [1.82, 2.24) is 5.09 Å². The van der Waals surface area contributed by atoms with Crippen LogP contribution in [0.5, 0.6) is 0 Å². The molecule has 4 nitrogen and oxygen atoms in total. The lowest BCUT2D eigenvalue weighted by Crippen LogP contribution is -2.08. The summed E-state index contributed by atoms with van der Waals surface area (Å²) in [5.41, 5.74) is 0.848. The zero-order valence-electron chi connectivity index (χ0n) is 6.34. The first-order valence-corrected chi connectivity index (χ1v) is 5.04. The number of nitrogens with one attached hydrogen (secondary N) is 1. The van der Waals surface area contributed by atoms with E-state index < -0.39 is 7.75 Å². The van der Waals surface area contributed by atoms with E-state index in [1.165, 1.54) is 0 Å². The van der Waals surface area contributed by atoms with Crippen LogP contribution in [0.1, 0.15) is 5.56 Å². The molecule has 0 atom stereocenters. The van der Waals surface area contributed by atoms with E-state index in [1.807, 2.05) is 18.2 Å². The van der Waals surface area contributed by atoms with Crippen LogP contribution >= 0.6 is 7.75 Å². The van der Waals surface area contributed by atoms with Crippen molar-refractivity contribution in [2.45, 2.75) is 6.54 Å². The third kappa shape index (κ3) is 3.64. The highest BCUT2D eigenvalue weighted by molar-refractivity contribution is 7.49. The van der Waals surface area contributed by atoms with E-state index in [1.54, 1.807) is 12.1 Å². The smallest absolute Gasteiger partial charge is 0.313 e. The van der Waals surface area contributed by atoms with Gasteiger partial charge in [-0.2, -0.15) is 0 Å². The summed E-state index contributed by atoms with van der Waals surface area (Å²) in [7, 11) is -4.08. The van der Waals surface area contributed by atoms with Crippen molar-refractivity contribution >= 4 is 7.75 Å². The lowest BCUT2D eigenvalue weighted by Gasteiger charge is -2.05. The van der Waals surface area contributed by atoms with Crippen molar-refractivity contribution < 1.29 is 14.4 Å². The van der Waals surface area contributed by atoms with Crippen molar-refractivity contribution in [2.24, 2.45) is 0 Å². The standard InChI is InChI=1S/C7H10NO3P/c9-12(10,11)8-6-7-4-2-1-3-5-7/h1-5H,6H2,(H3,8,9,10,11). The molecule has 0 saturated carbocycles. The highest BCUT2D eigenvalue weighted by Gasteiger charge is 2.10. The summed E-state index contributed by atoms with van der Waals surface area (Å²) in [5, 5.41) is 2.10. The molecular formula is C7H10NO3P. The second-order valence-electron chi connectivity index (χ2n) is 2.36. The molecule has 0 aliphatic heterocycles. The molecule has 1 aromatic carbocycles. The fourth-order valence-electron chi connectivity index (χ4n) is 0.790. The van der Waals surface area contributed by atoms with Gasteiger partial charge in [0.05, 0.1) is 0 Å². The summed E-state index contributed by atoms with van der Waals surface area (Å²) >= 11 is 0. The Bertz CT molecular complexity index is 282. The van der Waals surface area contributed by atoms with Crippen LogP contribution in [0, 0.1) is 0 Å². The molecule has 1 rings (SSSR count). The molecule has 0 saturated heterocycles. The maximum Gasteiger partial charge on any atom is 0.400 e. The Morgan fingerprint density at radius 1 is 1.25 bits per heavy atom. The van der Waals surface area contributed by atoms with Crippen LogP contribution in [-0.2, 0) is 11.1 Å². The number of hydrogen-bond donors (Lipinski definition) is 3. The van der Waals surface area contributed by atoms with Crippen LogP contribution in [-0.4, -0.2) is 9.79 Å². The molecule has 3 N–H and O–H groups in total. The van der Waals surface area contributed by atoms with Gasteiger partial charge in [0.1, 0.15) is 0 Å². The minimum absolute atomic E-state index is 0.186. The van der Waals surface area contributed by atoms with Gasteiger partial charge >= 0.3 is 7.75 Å². The summed E-state index contributed by atoms with van der Waals surface area (Å²) in [4.78, 5) is 17.0. The van der Waals surface area contributed by atoms with Crippen molar-refractivity contribution in [1.29, 1.82) is 0 Å². The maximum atomic E-state index is 10.4. The highest BCUT2D eigenvalue weighted by atomic mass is 31.2. The van der Waals surface area contributed by atoms with Crippen molar-refractivity contribution in [2.75, 3.05) is 0 Å². The van der Waals surface area contributed by atoms with Crippen LogP contribution in [0.4, 0.5) is 0 Å². The van der Waals surface area contributed by atoms with E-state index in [2.05, 4.69) is 5.09 Å². The second kappa shape index (κ2) is 3.83. The van der Waals surface area contributed by atoms with Gasteiger partial charge in [0.15, 0.2) is 0 Å². The van der Waals surface area contributed by atoms with Gasteiger partial charge in [-0.15, -0.1) is 0 Å². The van der Waals surface area contributed by atoms with Gasteiger partial charge in [-0.25, -0.2) is 9.65 Å². The average Bonchev–Trinajstić information content (AvgIpc) is 2.02. The Labute approximate surface area is 70.5 Å². The molecule has 0 unspecified atom stereocenters. The summed E-state index contributed by atoms with van der Waals surface area (Å²) in [6.45, 7) is 0.186. The van der Waals surface area contributed by atoms with Crippen LogP contribution in [0.25, 0.3) is 0 Å². The van der Waals surface area contributed by atoms with Gasteiger partial charge in [0, 0.05) is 6.54 Å². The Balaban J connectivity index is 2.50. The first-order chi connectivity index (χ1) is 5.58. The summed E-state index contributed by atoms with van der Waals surface area (Å²) in [6, 6.07) is 9.07. The first-order valence-electron chi connectivity index (χ1n) is 3.42. The molecule has 12 heavy (non-hydrogen) atoms. The zero-order chi connectivity index (χ0) is 9.03. The predicted octanol–water partition coefficient (Wildman–Crippen LogP) is 0.869. The molecule has 0 bridgehead atoms. The highest BCUT2D eigenvalue weighted by Crippen LogP contribution is 2.28. The van der Waals surface area contributed by atoms with Crippen molar-refractivity contribution in [3.63, 3.8) is 0 Å². The summed E-state index contributed by atoms with van der Waals surface area (Å²) in [5.74, 6) is 0. The molecule has 0 spiro atoms. The molecule has 5 heteroatoms. The third-order valence-corrected chi connectivity index (χ3v) is 1.90. The van der Waals surface area contributed by atoms with Crippen LogP contribution in [0.15, 0.2) is 30.3 Å². The molecule has 0 aromatic heterocycles. The molecule has 0 radical (unpaired) electrons. The zero-order valence-corrected chi connectivity index (χ0v) is 7.24. The van der Waals surface area contributed by atoms with Crippen LogP contribution in [0.3, 0.4) is 0 Å². The third-order valence-electron chi connectivity index (χ3n) is 1.33. The predicted molar refractivity (Wildman–Crippen MR) is 45.3 cm³/mol. The molecule has 0 amide bonds. The van der Waals surface area contributed by atoms with Crippen LogP contribution in [0.2, 0.25) is 0 Å². The molecule has 1 aromatic rings. The van der Waals surface area contributed by atoms with Gasteiger partial charge < -0.3 is 9.79 Å². The van der Waals surface area contributed by atoms with E-state index in [0.29, 0.717) is 0 Å². The van der Waals surface area contributed by atoms with E-state index in [0.717, 1.165) is 5.56 Å². The minimum Gasteiger partial charge on any atom is -0.313 e. The Morgan fingerprint density at radius 2 is 1.83 bits per heavy atom. The van der Waals surface area contributed by atoms with Gasteiger partial charge in [0.25, 0.3) is 0 Å². The Morgan fingerprint density at radius 3 is 2.33 bits per heavy atom. The topological polar surface area (TPSA) is 69.6 Å². The minimum atomic E-state index is -4.08. The number of hydrogen-bond acceptors (Lipinski definition) is 1. The average molecular weight is 187 g/mol. The lowest BCUT2D eigenvalue weighted by molar-refractivity contribution is 0.357. The van der Waals surface area contributed by atoms with E-state index in [-0.39, 0.29) is 6.54 Å². The molecule has 66 valence electrons. The van der Waals surface area contributed by atoms with E-state index in [9.17, 15) is 4.57 Å². The fourth-order valence-corrected chi connectivity index (χ4v) is 1.18. The maximum absolute atomic E-state index is 10.4. The summed E-state index contributed by atoms with van der Waals surface area (Å²) < 4.78 is 10.4. The normalized spacial score (nSPS) is 11.5. The SMILES string of the molecule is O=P(O)(O)NCc1ccccc1. The first kappa shape index (κ1) is 9.42. The van der Waals surface area contributed by atoms with E-state index >= 15 is 0 Å². The lowest BCUT2D eigenvalue weighted by atomic mass is 10.2.